The lowest BCUT2D eigenvalue weighted by molar-refractivity contribution is 0.383. The fourth-order valence-corrected chi connectivity index (χ4v) is 2.17. The summed E-state index contributed by atoms with van der Waals surface area (Å²) in [5.41, 5.74) is 7.74. The molecule has 2 rings (SSSR count). The van der Waals surface area contributed by atoms with Crippen LogP contribution in [0.25, 0.3) is 0 Å². The van der Waals surface area contributed by atoms with Gasteiger partial charge >= 0.3 is 0 Å². The highest BCUT2D eigenvalue weighted by atomic mass is 19.1. The van der Waals surface area contributed by atoms with Crippen LogP contribution in [0.15, 0.2) is 36.4 Å². The van der Waals surface area contributed by atoms with E-state index in [0.717, 1.165) is 5.56 Å². The molecule has 0 saturated heterocycles. The Labute approximate surface area is 117 Å². The molecular formula is C16H17F2NO. The zero-order valence-electron chi connectivity index (χ0n) is 11.5. The van der Waals surface area contributed by atoms with Crippen molar-refractivity contribution in [2.24, 2.45) is 5.73 Å². The summed E-state index contributed by atoms with van der Waals surface area (Å²) in [6, 6.07) is 9.01. The van der Waals surface area contributed by atoms with Crippen molar-refractivity contribution >= 4 is 0 Å². The van der Waals surface area contributed by atoms with Crippen molar-refractivity contribution < 1.29 is 13.5 Å². The molecule has 0 fully saturated rings. The van der Waals surface area contributed by atoms with Gasteiger partial charge in [-0.25, -0.2) is 8.78 Å². The average Bonchev–Trinajstić information content (AvgIpc) is 2.43. The summed E-state index contributed by atoms with van der Waals surface area (Å²) in [4.78, 5) is 0. The Morgan fingerprint density at radius 1 is 1.20 bits per heavy atom. The van der Waals surface area contributed by atoms with Crippen molar-refractivity contribution in [3.63, 3.8) is 0 Å². The Bertz CT molecular complexity index is 613. The molecule has 0 radical (unpaired) electrons. The molecule has 0 aromatic heterocycles. The molecule has 0 aliphatic rings. The van der Waals surface area contributed by atoms with Gasteiger partial charge in [0.2, 0.25) is 0 Å². The number of aryl methyl sites for hydroxylation is 1. The van der Waals surface area contributed by atoms with Gasteiger partial charge in [0.25, 0.3) is 0 Å². The summed E-state index contributed by atoms with van der Waals surface area (Å²) in [7, 11) is 1.41. The SMILES string of the molecule is COc1cccc(CC(N)c2cc(C)ccc2F)c1F. The lowest BCUT2D eigenvalue weighted by atomic mass is 9.97. The first-order chi connectivity index (χ1) is 9.52. The van der Waals surface area contributed by atoms with E-state index in [1.54, 1.807) is 24.3 Å². The van der Waals surface area contributed by atoms with Crippen molar-refractivity contribution in [2.45, 2.75) is 19.4 Å². The minimum absolute atomic E-state index is 0.166. The van der Waals surface area contributed by atoms with Gasteiger partial charge in [0.1, 0.15) is 5.82 Å². The molecule has 106 valence electrons. The number of ether oxygens (including phenoxy) is 1. The summed E-state index contributed by atoms with van der Waals surface area (Å²) >= 11 is 0. The average molecular weight is 277 g/mol. The molecule has 0 spiro atoms. The molecule has 0 amide bonds. The molecule has 0 aliphatic carbocycles. The summed E-state index contributed by atoms with van der Waals surface area (Å²) in [6.45, 7) is 1.86. The van der Waals surface area contributed by atoms with Crippen molar-refractivity contribution in [3.05, 3.63) is 64.7 Å². The zero-order chi connectivity index (χ0) is 14.7. The lowest BCUT2D eigenvalue weighted by Gasteiger charge is -2.15. The van der Waals surface area contributed by atoms with Crippen LogP contribution in [0.5, 0.6) is 5.75 Å². The van der Waals surface area contributed by atoms with E-state index >= 15 is 0 Å². The first-order valence-electron chi connectivity index (χ1n) is 6.36. The third-order valence-electron chi connectivity index (χ3n) is 3.25. The fourth-order valence-electron chi connectivity index (χ4n) is 2.17. The molecule has 1 atom stereocenters. The zero-order valence-corrected chi connectivity index (χ0v) is 11.5. The van der Waals surface area contributed by atoms with Gasteiger partial charge in [-0.1, -0.05) is 29.8 Å². The number of nitrogens with two attached hydrogens (primary N) is 1. The number of halogens is 2. The first-order valence-corrected chi connectivity index (χ1v) is 6.36. The molecule has 0 heterocycles. The topological polar surface area (TPSA) is 35.2 Å². The van der Waals surface area contributed by atoms with E-state index in [9.17, 15) is 8.78 Å². The van der Waals surface area contributed by atoms with Crippen LogP contribution in [-0.2, 0) is 6.42 Å². The summed E-state index contributed by atoms with van der Waals surface area (Å²) in [5, 5.41) is 0. The summed E-state index contributed by atoms with van der Waals surface area (Å²) in [5.74, 6) is -0.649. The second-order valence-corrected chi connectivity index (χ2v) is 4.77. The first kappa shape index (κ1) is 14.5. The van der Waals surface area contributed by atoms with Gasteiger partial charge in [0.15, 0.2) is 11.6 Å². The van der Waals surface area contributed by atoms with E-state index in [4.69, 9.17) is 10.5 Å². The lowest BCUT2D eigenvalue weighted by Crippen LogP contribution is -2.16. The van der Waals surface area contributed by atoms with E-state index in [1.807, 2.05) is 6.92 Å². The molecular weight excluding hydrogens is 260 g/mol. The molecule has 2 aromatic carbocycles. The quantitative estimate of drug-likeness (QED) is 0.928. The van der Waals surface area contributed by atoms with Crippen LogP contribution < -0.4 is 10.5 Å². The van der Waals surface area contributed by atoms with Gasteiger partial charge in [0.05, 0.1) is 7.11 Å². The van der Waals surface area contributed by atoms with Crippen LogP contribution >= 0.6 is 0 Å². The van der Waals surface area contributed by atoms with E-state index in [0.29, 0.717) is 11.1 Å². The maximum Gasteiger partial charge on any atom is 0.168 e. The summed E-state index contributed by atoms with van der Waals surface area (Å²) in [6.07, 6.45) is 0.212. The number of hydrogen-bond donors (Lipinski definition) is 1. The molecule has 2 N–H and O–H groups in total. The smallest absolute Gasteiger partial charge is 0.168 e. The third-order valence-corrected chi connectivity index (χ3v) is 3.25. The van der Waals surface area contributed by atoms with Gasteiger partial charge in [-0.3, -0.25) is 0 Å². The van der Waals surface area contributed by atoms with E-state index in [2.05, 4.69) is 0 Å². The van der Waals surface area contributed by atoms with E-state index in [1.165, 1.54) is 19.2 Å². The Kier molecular flexibility index (Phi) is 4.35. The standard InChI is InChI=1S/C16H17F2NO/c1-10-6-7-13(17)12(8-10)14(19)9-11-4-3-5-15(20-2)16(11)18/h3-8,14H,9,19H2,1-2H3. The third kappa shape index (κ3) is 2.96. The van der Waals surface area contributed by atoms with Gasteiger partial charge in [0, 0.05) is 11.6 Å². The molecule has 0 aliphatic heterocycles. The molecule has 0 bridgehead atoms. The molecule has 4 heteroatoms. The fraction of sp³-hybridized carbons (Fsp3) is 0.250. The monoisotopic (exact) mass is 277 g/mol. The maximum atomic E-state index is 14.1. The molecule has 2 nitrogen and oxygen atoms in total. The second-order valence-electron chi connectivity index (χ2n) is 4.77. The Hall–Kier alpha value is -1.94. The van der Waals surface area contributed by atoms with Gasteiger partial charge in [-0.15, -0.1) is 0 Å². The molecule has 2 aromatic rings. The molecule has 0 saturated carbocycles. The number of rotatable bonds is 4. The molecule has 1 unspecified atom stereocenters. The summed E-state index contributed by atoms with van der Waals surface area (Å²) < 4.78 is 32.8. The highest BCUT2D eigenvalue weighted by Gasteiger charge is 2.16. The van der Waals surface area contributed by atoms with Crippen molar-refractivity contribution in [1.29, 1.82) is 0 Å². The van der Waals surface area contributed by atoms with Crippen molar-refractivity contribution in [3.8, 4) is 5.75 Å². The van der Waals surface area contributed by atoms with Crippen LogP contribution in [0.3, 0.4) is 0 Å². The Morgan fingerprint density at radius 2 is 1.95 bits per heavy atom. The number of hydrogen-bond acceptors (Lipinski definition) is 2. The molecule has 20 heavy (non-hydrogen) atoms. The highest BCUT2D eigenvalue weighted by Crippen LogP contribution is 2.25. The normalized spacial score (nSPS) is 12.2. The van der Waals surface area contributed by atoms with Crippen LogP contribution in [-0.4, -0.2) is 7.11 Å². The minimum Gasteiger partial charge on any atom is -0.494 e. The maximum absolute atomic E-state index is 14.1. The van der Waals surface area contributed by atoms with E-state index < -0.39 is 11.9 Å². The number of benzene rings is 2. The minimum atomic E-state index is -0.600. The van der Waals surface area contributed by atoms with E-state index in [-0.39, 0.29) is 18.0 Å². The van der Waals surface area contributed by atoms with Gasteiger partial charge < -0.3 is 10.5 Å². The highest BCUT2D eigenvalue weighted by molar-refractivity contribution is 5.33. The number of methoxy groups -OCH3 is 1. The van der Waals surface area contributed by atoms with Crippen molar-refractivity contribution in [1.82, 2.24) is 0 Å². The second kappa shape index (κ2) is 6.01. The van der Waals surface area contributed by atoms with Crippen molar-refractivity contribution in [2.75, 3.05) is 7.11 Å². The Balaban J connectivity index is 2.28. The van der Waals surface area contributed by atoms with Crippen LogP contribution in [0.1, 0.15) is 22.7 Å². The largest absolute Gasteiger partial charge is 0.494 e. The van der Waals surface area contributed by atoms with Gasteiger partial charge in [-0.2, -0.15) is 0 Å². The predicted octanol–water partition coefficient (Wildman–Crippen LogP) is 3.52. The van der Waals surface area contributed by atoms with Crippen LogP contribution in [0.4, 0.5) is 8.78 Å². The van der Waals surface area contributed by atoms with Crippen LogP contribution in [0, 0.1) is 18.6 Å². The predicted molar refractivity (Wildman–Crippen MR) is 74.7 cm³/mol. The van der Waals surface area contributed by atoms with Crippen LogP contribution in [0.2, 0.25) is 0 Å². The van der Waals surface area contributed by atoms with Gasteiger partial charge in [-0.05, 0) is 31.0 Å². The Morgan fingerprint density at radius 3 is 2.65 bits per heavy atom.